The van der Waals surface area contributed by atoms with E-state index in [9.17, 15) is 13.2 Å². The first-order valence-electron chi connectivity index (χ1n) is 5.65. The average Bonchev–Trinajstić information content (AvgIpc) is 2.35. The molecule has 1 rings (SSSR count). The lowest BCUT2D eigenvalue weighted by atomic mass is 10.2. The van der Waals surface area contributed by atoms with Crippen molar-refractivity contribution in [2.24, 2.45) is 0 Å². The Labute approximate surface area is 112 Å². The molecule has 0 aliphatic carbocycles. The Morgan fingerprint density at radius 2 is 1.89 bits per heavy atom. The van der Waals surface area contributed by atoms with Crippen LogP contribution in [0.15, 0.2) is 29.2 Å². The molecule has 6 heteroatoms. The number of hydrogen-bond acceptors (Lipinski definition) is 5. The standard InChI is InChI=1S/C12H17NO3S2/c1-4-12(14)10(3)13-17-18(15,16)11-7-5-9(2)6-8-11/h5-8,10,13H,4H2,1-3H3/t10-/m0/s1. The van der Waals surface area contributed by atoms with Gasteiger partial charge in [0.25, 0.3) is 0 Å². The van der Waals surface area contributed by atoms with E-state index < -0.39 is 14.9 Å². The van der Waals surface area contributed by atoms with Crippen LogP contribution in [0.2, 0.25) is 0 Å². The summed E-state index contributed by atoms with van der Waals surface area (Å²) in [6, 6.07) is 6.14. The van der Waals surface area contributed by atoms with Crippen molar-refractivity contribution in [2.45, 2.75) is 38.1 Å². The van der Waals surface area contributed by atoms with Crippen LogP contribution in [-0.2, 0) is 13.7 Å². The summed E-state index contributed by atoms with van der Waals surface area (Å²) in [5.41, 5.74) is 1.00. The second-order valence-corrected chi connectivity index (χ2v) is 7.61. The Hall–Kier alpha value is -0.850. The van der Waals surface area contributed by atoms with Gasteiger partial charge in [-0.3, -0.25) is 4.79 Å². The van der Waals surface area contributed by atoms with E-state index in [1.165, 1.54) is 0 Å². The Morgan fingerprint density at radius 3 is 2.39 bits per heavy atom. The predicted molar refractivity (Wildman–Crippen MR) is 73.9 cm³/mol. The van der Waals surface area contributed by atoms with Crippen molar-refractivity contribution in [3.8, 4) is 0 Å². The van der Waals surface area contributed by atoms with Crippen molar-refractivity contribution >= 4 is 25.6 Å². The monoisotopic (exact) mass is 287 g/mol. The lowest BCUT2D eigenvalue weighted by molar-refractivity contribution is -0.119. The van der Waals surface area contributed by atoms with Crippen LogP contribution < -0.4 is 4.72 Å². The number of benzene rings is 1. The minimum Gasteiger partial charge on any atom is -0.298 e. The van der Waals surface area contributed by atoms with Gasteiger partial charge in [0.2, 0.25) is 8.87 Å². The maximum atomic E-state index is 11.9. The normalized spacial score (nSPS) is 13.3. The molecule has 0 heterocycles. The highest BCUT2D eigenvalue weighted by Crippen LogP contribution is 2.21. The average molecular weight is 287 g/mol. The summed E-state index contributed by atoms with van der Waals surface area (Å²) in [5.74, 6) is -0.0124. The van der Waals surface area contributed by atoms with E-state index in [-0.39, 0.29) is 10.7 Å². The zero-order chi connectivity index (χ0) is 13.8. The van der Waals surface area contributed by atoms with Crippen molar-refractivity contribution in [1.29, 1.82) is 0 Å². The number of ketones is 1. The molecule has 1 atom stereocenters. The molecule has 18 heavy (non-hydrogen) atoms. The van der Waals surface area contributed by atoms with Gasteiger partial charge in [-0.2, -0.15) is 0 Å². The van der Waals surface area contributed by atoms with Crippen LogP contribution in [0.25, 0.3) is 0 Å². The van der Waals surface area contributed by atoms with Crippen LogP contribution in [-0.4, -0.2) is 20.2 Å². The minimum absolute atomic E-state index is 0.0124. The Kier molecular flexibility index (Phi) is 5.37. The van der Waals surface area contributed by atoms with Crippen molar-refractivity contribution < 1.29 is 13.2 Å². The zero-order valence-electron chi connectivity index (χ0n) is 10.6. The molecule has 0 saturated heterocycles. The van der Waals surface area contributed by atoms with Crippen molar-refractivity contribution in [3.63, 3.8) is 0 Å². The third-order valence-electron chi connectivity index (χ3n) is 2.48. The number of hydrogen-bond donors (Lipinski definition) is 1. The van der Waals surface area contributed by atoms with E-state index >= 15 is 0 Å². The number of Topliss-reactive ketones (excluding diaryl/α,β-unsaturated/α-hetero) is 1. The summed E-state index contributed by atoms with van der Waals surface area (Å²) in [4.78, 5) is 11.6. The molecule has 0 spiro atoms. The van der Waals surface area contributed by atoms with E-state index in [4.69, 9.17) is 0 Å². The molecule has 4 nitrogen and oxygen atoms in total. The number of nitrogens with one attached hydrogen (secondary N) is 1. The SMILES string of the molecule is CCC(=O)[C@H](C)NSS(=O)(=O)c1ccc(C)cc1. The molecule has 0 amide bonds. The minimum atomic E-state index is -3.46. The van der Waals surface area contributed by atoms with Gasteiger partial charge < -0.3 is 0 Å². The molecule has 0 aliphatic rings. The summed E-state index contributed by atoms with van der Waals surface area (Å²) in [6.07, 6.45) is 0.388. The molecule has 0 aromatic heterocycles. The van der Waals surface area contributed by atoms with E-state index in [1.807, 2.05) is 6.92 Å². The molecule has 0 bridgehead atoms. The molecule has 1 N–H and O–H groups in total. The molecular formula is C12H17NO3S2. The first-order chi connectivity index (χ1) is 8.36. The van der Waals surface area contributed by atoms with Crippen molar-refractivity contribution in [3.05, 3.63) is 29.8 Å². The van der Waals surface area contributed by atoms with E-state index in [1.54, 1.807) is 38.1 Å². The maximum absolute atomic E-state index is 11.9. The quantitative estimate of drug-likeness (QED) is 0.642. The highest BCUT2D eigenvalue weighted by atomic mass is 33.1. The van der Waals surface area contributed by atoms with Crippen LogP contribution in [0.5, 0.6) is 0 Å². The lowest BCUT2D eigenvalue weighted by Crippen LogP contribution is -2.29. The van der Waals surface area contributed by atoms with Crippen LogP contribution in [0.4, 0.5) is 0 Å². The second-order valence-electron chi connectivity index (χ2n) is 4.01. The molecule has 0 radical (unpaired) electrons. The van der Waals surface area contributed by atoms with Gasteiger partial charge in [-0.1, -0.05) is 24.6 Å². The first-order valence-corrected chi connectivity index (χ1v) is 8.47. The molecule has 0 saturated carbocycles. The Bertz CT molecular complexity index is 509. The predicted octanol–water partition coefficient (Wildman–Crippen LogP) is 2.29. The summed E-state index contributed by atoms with van der Waals surface area (Å²) in [6.45, 7) is 5.30. The van der Waals surface area contributed by atoms with E-state index in [0.717, 1.165) is 5.56 Å². The van der Waals surface area contributed by atoms with Gasteiger partial charge in [0.1, 0.15) is 5.78 Å². The van der Waals surface area contributed by atoms with Gasteiger partial charge in [0.15, 0.2) is 0 Å². The number of rotatable bonds is 6. The van der Waals surface area contributed by atoms with Crippen LogP contribution in [0.3, 0.4) is 0 Å². The smallest absolute Gasteiger partial charge is 0.244 e. The zero-order valence-corrected chi connectivity index (χ0v) is 12.3. The molecule has 0 unspecified atom stereocenters. The fraction of sp³-hybridized carbons (Fsp3) is 0.417. The molecule has 1 aromatic carbocycles. The molecule has 1 aromatic rings. The second kappa shape index (κ2) is 6.36. The Morgan fingerprint density at radius 1 is 1.33 bits per heavy atom. The van der Waals surface area contributed by atoms with Crippen molar-refractivity contribution in [1.82, 2.24) is 4.72 Å². The fourth-order valence-electron chi connectivity index (χ4n) is 1.26. The molecular weight excluding hydrogens is 270 g/mol. The van der Waals surface area contributed by atoms with E-state index in [2.05, 4.69) is 4.72 Å². The van der Waals surface area contributed by atoms with Gasteiger partial charge >= 0.3 is 0 Å². The van der Waals surface area contributed by atoms with Gasteiger partial charge in [-0.25, -0.2) is 13.1 Å². The molecule has 100 valence electrons. The summed E-state index contributed by atoms with van der Waals surface area (Å²) in [5, 5.41) is 0. The number of carbonyl (C=O) groups excluding carboxylic acids is 1. The maximum Gasteiger partial charge on any atom is 0.244 e. The highest BCUT2D eigenvalue weighted by Gasteiger charge is 2.18. The lowest BCUT2D eigenvalue weighted by Gasteiger charge is -2.10. The topological polar surface area (TPSA) is 63.2 Å². The van der Waals surface area contributed by atoms with Crippen LogP contribution in [0, 0.1) is 6.92 Å². The largest absolute Gasteiger partial charge is 0.298 e. The molecule has 0 aliphatic heterocycles. The van der Waals surface area contributed by atoms with Gasteiger partial charge in [-0.05, 0) is 26.0 Å². The van der Waals surface area contributed by atoms with Crippen molar-refractivity contribution in [2.75, 3.05) is 0 Å². The third kappa shape index (κ3) is 4.12. The highest BCUT2D eigenvalue weighted by molar-refractivity contribution is 8.71. The number of aryl methyl sites for hydroxylation is 1. The summed E-state index contributed by atoms with van der Waals surface area (Å²) >= 11 is 0. The third-order valence-corrected chi connectivity index (χ3v) is 5.52. The summed E-state index contributed by atoms with van der Waals surface area (Å²) in [7, 11) is -2.87. The summed E-state index contributed by atoms with van der Waals surface area (Å²) < 4.78 is 26.6. The van der Waals surface area contributed by atoms with Gasteiger partial charge in [0, 0.05) is 6.42 Å². The molecule has 0 fully saturated rings. The van der Waals surface area contributed by atoms with Crippen LogP contribution >= 0.6 is 11.0 Å². The van der Waals surface area contributed by atoms with Crippen LogP contribution in [0.1, 0.15) is 25.8 Å². The number of carbonyl (C=O) groups is 1. The Balaban J connectivity index is 2.71. The van der Waals surface area contributed by atoms with E-state index in [0.29, 0.717) is 17.4 Å². The first kappa shape index (κ1) is 15.2. The fourth-order valence-corrected chi connectivity index (χ4v) is 3.66. The van der Waals surface area contributed by atoms with Gasteiger partial charge in [0.05, 0.1) is 21.9 Å². The van der Waals surface area contributed by atoms with Gasteiger partial charge in [-0.15, -0.1) is 0 Å².